The van der Waals surface area contributed by atoms with Gasteiger partial charge in [0.15, 0.2) is 5.69 Å². The molecular weight excluding hydrogens is 352 g/mol. The Balaban J connectivity index is 1.44. The Morgan fingerprint density at radius 3 is 2.36 bits per heavy atom. The van der Waals surface area contributed by atoms with Crippen molar-refractivity contribution < 1.29 is 4.79 Å². The van der Waals surface area contributed by atoms with Gasteiger partial charge in [0.05, 0.1) is 29.3 Å². The van der Waals surface area contributed by atoms with Gasteiger partial charge in [0, 0.05) is 22.9 Å². The van der Waals surface area contributed by atoms with E-state index in [9.17, 15) is 4.79 Å². The van der Waals surface area contributed by atoms with Gasteiger partial charge in [-0.15, -0.1) is 0 Å². The lowest BCUT2D eigenvalue weighted by Crippen LogP contribution is -2.29. The maximum atomic E-state index is 11.9. The highest BCUT2D eigenvalue weighted by atomic mass is 32.2. The monoisotopic (exact) mass is 368 g/mol. The molecule has 2 heterocycles. The number of rotatable bonds is 5. The molecule has 0 fully saturated rings. The third kappa shape index (κ3) is 3.38. The van der Waals surface area contributed by atoms with E-state index in [1.165, 1.54) is 27.4 Å². The van der Waals surface area contributed by atoms with E-state index in [0.717, 1.165) is 24.7 Å². The van der Waals surface area contributed by atoms with Crippen LogP contribution in [0.3, 0.4) is 0 Å². The minimum absolute atomic E-state index is 0.163. The molecule has 0 saturated carbocycles. The molecular formula is C18H16N4OS2. The van der Waals surface area contributed by atoms with Gasteiger partial charge in [-0.2, -0.15) is 8.75 Å². The highest BCUT2D eigenvalue weighted by Gasteiger charge is 2.22. The average molecular weight is 368 g/mol. The summed E-state index contributed by atoms with van der Waals surface area (Å²) in [6.07, 6.45) is 2.34. The van der Waals surface area contributed by atoms with Crippen molar-refractivity contribution in [3.05, 3.63) is 60.4 Å². The minimum atomic E-state index is -0.163. The molecule has 0 saturated heterocycles. The van der Waals surface area contributed by atoms with Gasteiger partial charge in [-0.3, -0.25) is 4.79 Å². The van der Waals surface area contributed by atoms with Crippen LogP contribution < -0.4 is 10.2 Å². The Morgan fingerprint density at radius 1 is 1.04 bits per heavy atom. The van der Waals surface area contributed by atoms with E-state index in [0.29, 0.717) is 12.2 Å². The Bertz CT molecular complexity index is 837. The molecule has 1 amide bonds. The molecule has 5 nitrogen and oxygen atoms in total. The molecule has 0 aliphatic carbocycles. The molecule has 1 N–H and O–H groups in total. The average Bonchev–Trinajstić information content (AvgIpc) is 3.19. The summed E-state index contributed by atoms with van der Waals surface area (Å²) < 4.78 is 7.80. The highest BCUT2D eigenvalue weighted by molar-refractivity contribution is 7.99. The molecule has 7 heteroatoms. The van der Waals surface area contributed by atoms with Crippen LogP contribution in [0.2, 0.25) is 0 Å². The predicted molar refractivity (Wildman–Crippen MR) is 101 cm³/mol. The SMILES string of the molecule is O=C(NCCCN1c2ccccc2Sc2ccccc21)c1cnsn1. The molecule has 0 radical (unpaired) electrons. The van der Waals surface area contributed by atoms with E-state index < -0.39 is 0 Å². The number of hydrogen-bond donors (Lipinski definition) is 1. The lowest BCUT2D eigenvalue weighted by molar-refractivity contribution is 0.0949. The quantitative estimate of drug-likeness (QED) is 0.691. The van der Waals surface area contributed by atoms with Crippen LogP contribution in [0.25, 0.3) is 0 Å². The number of carbonyl (C=O) groups excluding carboxylic acids is 1. The van der Waals surface area contributed by atoms with Crippen LogP contribution in [0.5, 0.6) is 0 Å². The molecule has 126 valence electrons. The van der Waals surface area contributed by atoms with Crippen molar-refractivity contribution in [3.8, 4) is 0 Å². The summed E-state index contributed by atoms with van der Waals surface area (Å²) in [5.74, 6) is -0.163. The van der Waals surface area contributed by atoms with Crippen molar-refractivity contribution in [2.75, 3.05) is 18.0 Å². The van der Waals surface area contributed by atoms with Crippen molar-refractivity contribution in [3.63, 3.8) is 0 Å². The third-order valence-corrected chi connectivity index (χ3v) is 5.58. The van der Waals surface area contributed by atoms with Crippen LogP contribution >= 0.6 is 23.5 Å². The molecule has 2 aromatic carbocycles. The normalized spacial score (nSPS) is 12.4. The van der Waals surface area contributed by atoms with Gasteiger partial charge in [-0.1, -0.05) is 36.0 Å². The van der Waals surface area contributed by atoms with Crippen molar-refractivity contribution in [1.29, 1.82) is 0 Å². The van der Waals surface area contributed by atoms with E-state index in [1.807, 2.05) is 0 Å². The number of nitrogens with one attached hydrogen (secondary N) is 1. The first-order valence-corrected chi connectivity index (χ1v) is 9.57. The number of benzene rings is 2. The fourth-order valence-corrected chi connectivity index (χ4v) is 4.32. The summed E-state index contributed by atoms with van der Waals surface area (Å²) in [6, 6.07) is 16.9. The summed E-state index contributed by atoms with van der Waals surface area (Å²) in [5.41, 5.74) is 2.83. The standard InChI is InChI=1S/C18H16N4OS2/c23-18(13-12-20-25-21-13)19-10-5-11-22-14-6-1-3-8-16(14)24-17-9-4-2-7-15(17)22/h1-4,6-9,12H,5,10-11H2,(H,19,23). The first-order valence-electron chi connectivity index (χ1n) is 8.02. The Hall–Kier alpha value is -2.38. The van der Waals surface area contributed by atoms with Gasteiger partial charge >= 0.3 is 0 Å². The lowest BCUT2D eigenvalue weighted by atomic mass is 10.2. The van der Waals surface area contributed by atoms with Crippen LogP contribution in [0.1, 0.15) is 16.9 Å². The topological polar surface area (TPSA) is 58.1 Å². The first-order chi connectivity index (χ1) is 12.3. The number of nitrogens with zero attached hydrogens (tertiary/aromatic N) is 3. The number of amides is 1. The maximum Gasteiger partial charge on any atom is 0.272 e. The summed E-state index contributed by atoms with van der Waals surface area (Å²) >= 11 is 2.85. The van der Waals surface area contributed by atoms with Crippen LogP contribution in [0.15, 0.2) is 64.5 Å². The van der Waals surface area contributed by atoms with Gasteiger partial charge in [-0.25, -0.2) is 0 Å². The molecule has 0 bridgehead atoms. The number of fused-ring (bicyclic) bond motifs is 2. The third-order valence-electron chi connectivity index (χ3n) is 3.97. The van der Waals surface area contributed by atoms with Gasteiger partial charge < -0.3 is 10.2 Å². The van der Waals surface area contributed by atoms with Crippen molar-refractivity contribution in [2.45, 2.75) is 16.2 Å². The fraction of sp³-hybridized carbons (Fsp3) is 0.167. The van der Waals surface area contributed by atoms with Crippen LogP contribution in [0, 0.1) is 0 Å². The Kier molecular flexibility index (Phi) is 4.67. The van der Waals surface area contributed by atoms with Gasteiger partial charge in [-0.05, 0) is 30.7 Å². The van der Waals surface area contributed by atoms with Crippen LogP contribution in [-0.2, 0) is 0 Å². The van der Waals surface area contributed by atoms with Crippen LogP contribution in [-0.4, -0.2) is 27.7 Å². The Labute approximate surface area is 154 Å². The second kappa shape index (κ2) is 7.25. The molecule has 0 unspecified atom stereocenters. The highest BCUT2D eigenvalue weighted by Crippen LogP contribution is 2.47. The van der Waals surface area contributed by atoms with Crippen molar-refractivity contribution in [1.82, 2.24) is 14.1 Å². The molecule has 1 aliphatic rings. The van der Waals surface area contributed by atoms with Crippen molar-refractivity contribution in [2.24, 2.45) is 0 Å². The zero-order valence-corrected chi connectivity index (χ0v) is 15.0. The smallest absolute Gasteiger partial charge is 0.272 e. The van der Waals surface area contributed by atoms with Gasteiger partial charge in [0.2, 0.25) is 0 Å². The second-order valence-electron chi connectivity index (χ2n) is 5.59. The fourth-order valence-electron chi connectivity index (χ4n) is 2.82. The molecule has 1 aromatic heterocycles. The van der Waals surface area contributed by atoms with Gasteiger partial charge in [0.25, 0.3) is 5.91 Å². The number of carbonyl (C=O) groups is 1. The number of para-hydroxylation sites is 2. The molecule has 0 atom stereocenters. The number of hydrogen-bond acceptors (Lipinski definition) is 6. The molecule has 4 rings (SSSR count). The van der Waals surface area contributed by atoms with E-state index >= 15 is 0 Å². The largest absolute Gasteiger partial charge is 0.351 e. The molecule has 1 aliphatic heterocycles. The maximum absolute atomic E-state index is 11.9. The summed E-state index contributed by atoms with van der Waals surface area (Å²) in [6.45, 7) is 1.44. The zero-order chi connectivity index (χ0) is 17.1. The number of aromatic nitrogens is 2. The Morgan fingerprint density at radius 2 is 1.72 bits per heavy atom. The lowest BCUT2D eigenvalue weighted by Gasteiger charge is -2.32. The molecule has 3 aromatic rings. The number of anilines is 2. The van der Waals surface area contributed by atoms with Gasteiger partial charge in [0.1, 0.15) is 0 Å². The zero-order valence-electron chi connectivity index (χ0n) is 13.4. The minimum Gasteiger partial charge on any atom is -0.351 e. The van der Waals surface area contributed by atoms with Crippen molar-refractivity contribution >= 4 is 40.8 Å². The van der Waals surface area contributed by atoms with E-state index in [4.69, 9.17) is 0 Å². The van der Waals surface area contributed by atoms with E-state index in [2.05, 4.69) is 67.5 Å². The molecule has 0 spiro atoms. The second-order valence-corrected chi connectivity index (χ2v) is 7.23. The first kappa shape index (κ1) is 16.1. The van der Waals surface area contributed by atoms with Crippen LogP contribution in [0.4, 0.5) is 11.4 Å². The molecule has 25 heavy (non-hydrogen) atoms. The summed E-state index contributed by atoms with van der Waals surface area (Å²) in [4.78, 5) is 16.8. The van der Waals surface area contributed by atoms with E-state index in [1.54, 1.807) is 11.8 Å². The van der Waals surface area contributed by atoms with E-state index in [-0.39, 0.29) is 5.91 Å². The summed E-state index contributed by atoms with van der Waals surface area (Å²) in [5, 5.41) is 2.91. The summed E-state index contributed by atoms with van der Waals surface area (Å²) in [7, 11) is 0. The predicted octanol–water partition coefficient (Wildman–Crippen LogP) is 3.96.